The van der Waals surface area contributed by atoms with Crippen molar-refractivity contribution in [2.75, 3.05) is 0 Å². The highest BCUT2D eigenvalue weighted by Crippen LogP contribution is 2.29. The molecule has 0 spiro atoms. The van der Waals surface area contributed by atoms with Gasteiger partial charge in [-0.15, -0.1) is 0 Å². The van der Waals surface area contributed by atoms with Gasteiger partial charge in [0.1, 0.15) is 5.82 Å². The molecule has 0 aliphatic heterocycles. The predicted molar refractivity (Wildman–Crippen MR) is 66.5 cm³/mol. The van der Waals surface area contributed by atoms with E-state index < -0.39 is 0 Å². The molecule has 0 radical (unpaired) electrons. The molecule has 0 aliphatic carbocycles. The molecule has 3 N–H and O–H groups in total. The van der Waals surface area contributed by atoms with Crippen molar-refractivity contribution in [1.29, 1.82) is 0 Å². The van der Waals surface area contributed by atoms with Crippen LogP contribution in [-0.2, 0) is 7.05 Å². The molecule has 1 aromatic carbocycles. The zero-order chi connectivity index (χ0) is 12.4. The van der Waals surface area contributed by atoms with Gasteiger partial charge in [-0.2, -0.15) is 5.10 Å². The number of hydrogen-bond donors (Lipinski definition) is 2. The third-order valence-corrected chi connectivity index (χ3v) is 3.45. The molecule has 4 nitrogen and oxygen atoms in total. The smallest absolute Gasteiger partial charge is 0.137 e. The molecule has 0 amide bonds. The Morgan fingerprint density at radius 1 is 1.47 bits per heavy atom. The molecule has 1 unspecified atom stereocenters. The molecule has 6 heteroatoms. The van der Waals surface area contributed by atoms with Crippen molar-refractivity contribution >= 4 is 15.9 Å². The Morgan fingerprint density at radius 3 is 2.82 bits per heavy atom. The van der Waals surface area contributed by atoms with Crippen LogP contribution in [0.5, 0.6) is 0 Å². The SMILES string of the molecule is Cn1nccc1C(NN)c1cccc(F)c1Br. The fourth-order valence-electron chi connectivity index (χ4n) is 1.75. The number of nitrogens with zero attached hydrogens (tertiary/aromatic N) is 2. The summed E-state index contributed by atoms with van der Waals surface area (Å²) in [5.74, 6) is 5.23. The van der Waals surface area contributed by atoms with E-state index >= 15 is 0 Å². The lowest BCUT2D eigenvalue weighted by molar-refractivity contribution is 0.562. The van der Waals surface area contributed by atoms with E-state index in [1.54, 1.807) is 16.9 Å². The van der Waals surface area contributed by atoms with Crippen LogP contribution >= 0.6 is 15.9 Å². The van der Waals surface area contributed by atoms with Gasteiger partial charge in [-0.1, -0.05) is 12.1 Å². The van der Waals surface area contributed by atoms with Gasteiger partial charge in [0.25, 0.3) is 0 Å². The van der Waals surface area contributed by atoms with Crippen molar-refractivity contribution in [3.8, 4) is 0 Å². The van der Waals surface area contributed by atoms with Gasteiger partial charge in [0.05, 0.1) is 16.2 Å². The lowest BCUT2D eigenvalue weighted by Gasteiger charge is -2.18. The zero-order valence-electron chi connectivity index (χ0n) is 9.19. The Morgan fingerprint density at radius 2 is 2.24 bits per heavy atom. The maximum atomic E-state index is 13.5. The van der Waals surface area contributed by atoms with Crippen molar-refractivity contribution < 1.29 is 4.39 Å². The third kappa shape index (κ3) is 2.24. The van der Waals surface area contributed by atoms with E-state index in [2.05, 4.69) is 26.5 Å². The van der Waals surface area contributed by atoms with Gasteiger partial charge in [-0.3, -0.25) is 10.5 Å². The molecule has 1 aromatic heterocycles. The van der Waals surface area contributed by atoms with Gasteiger partial charge in [-0.05, 0) is 33.6 Å². The average Bonchev–Trinajstić information content (AvgIpc) is 2.72. The fraction of sp³-hybridized carbons (Fsp3) is 0.182. The maximum Gasteiger partial charge on any atom is 0.137 e. The van der Waals surface area contributed by atoms with Gasteiger partial charge in [-0.25, -0.2) is 9.82 Å². The second kappa shape index (κ2) is 4.95. The number of halogens is 2. The number of aromatic nitrogens is 2. The topological polar surface area (TPSA) is 55.9 Å². The quantitative estimate of drug-likeness (QED) is 0.672. The molecule has 2 aromatic rings. The molecule has 2 rings (SSSR count). The first-order valence-electron chi connectivity index (χ1n) is 5.03. The van der Waals surface area contributed by atoms with Gasteiger partial charge in [0, 0.05) is 13.2 Å². The van der Waals surface area contributed by atoms with E-state index in [0.29, 0.717) is 4.47 Å². The second-order valence-electron chi connectivity index (χ2n) is 3.62. The molecule has 17 heavy (non-hydrogen) atoms. The number of benzene rings is 1. The van der Waals surface area contributed by atoms with E-state index in [0.717, 1.165) is 11.3 Å². The first-order valence-corrected chi connectivity index (χ1v) is 5.82. The first-order chi connectivity index (χ1) is 8.15. The minimum Gasteiger partial charge on any atom is -0.271 e. The number of hydrogen-bond acceptors (Lipinski definition) is 3. The number of nitrogens with two attached hydrogens (primary N) is 1. The summed E-state index contributed by atoms with van der Waals surface area (Å²) >= 11 is 3.23. The van der Waals surface area contributed by atoms with Crippen molar-refractivity contribution in [2.24, 2.45) is 12.9 Å². The Labute approximate surface area is 107 Å². The molecule has 0 fully saturated rings. The zero-order valence-corrected chi connectivity index (χ0v) is 10.8. The summed E-state index contributed by atoms with van der Waals surface area (Å²) in [6.07, 6.45) is 1.67. The molecule has 0 saturated carbocycles. The van der Waals surface area contributed by atoms with Gasteiger partial charge < -0.3 is 0 Å². The van der Waals surface area contributed by atoms with Crippen molar-refractivity contribution in [1.82, 2.24) is 15.2 Å². The summed E-state index contributed by atoms with van der Waals surface area (Å²) < 4.78 is 15.6. The molecular formula is C11H12BrFN4. The molecule has 1 heterocycles. The standard InChI is InChI=1S/C11H12BrFN4/c1-17-9(5-6-15-17)11(16-14)7-3-2-4-8(13)10(7)12/h2-6,11,16H,14H2,1H3. The Kier molecular flexibility index (Phi) is 3.56. The molecule has 0 bridgehead atoms. The van der Waals surface area contributed by atoms with Crippen LogP contribution in [-0.4, -0.2) is 9.78 Å². The summed E-state index contributed by atoms with van der Waals surface area (Å²) in [4.78, 5) is 0. The highest BCUT2D eigenvalue weighted by Gasteiger charge is 2.19. The Bertz CT molecular complexity index is 526. The summed E-state index contributed by atoms with van der Waals surface area (Å²) in [7, 11) is 1.81. The van der Waals surface area contributed by atoms with Crippen LogP contribution in [0.25, 0.3) is 0 Å². The van der Waals surface area contributed by atoms with E-state index in [1.807, 2.05) is 19.2 Å². The van der Waals surface area contributed by atoms with Crippen molar-refractivity contribution in [3.05, 3.63) is 52.0 Å². The highest BCUT2D eigenvalue weighted by atomic mass is 79.9. The monoisotopic (exact) mass is 298 g/mol. The van der Waals surface area contributed by atoms with Crippen LogP contribution in [0.4, 0.5) is 4.39 Å². The lowest BCUT2D eigenvalue weighted by Crippen LogP contribution is -2.30. The lowest BCUT2D eigenvalue weighted by atomic mass is 10.0. The van der Waals surface area contributed by atoms with Crippen molar-refractivity contribution in [2.45, 2.75) is 6.04 Å². The van der Waals surface area contributed by atoms with E-state index in [9.17, 15) is 4.39 Å². The van der Waals surface area contributed by atoms with Gasteiger partial charge in [0.15, 0.2) is 0 Å². The predicted octanol–water partition coefficient (Wildman–Crippen LogP) is 1.87. The molecule has 0 aliphatic rings. The molecule has 1 atom stereocenters. The molecular weight excluding hydrogens is 287 g/mol. The van der Waals surface area contributed by atoms with Crippen LogP contribution in [0.3, 0.4) is 0 Å². The number of aryl methyl sites for hydroxylation is 1. The highest BCUT2D eigenvalue weighted by molar-refractivity contribution is 9.10. The molecule has 0 saturated heterocycles. The van der Waals surface area contributed by atoms with Crippen LogP contribution in [0.2, 0.25) is 0 Å². The summed E-state index contributed by atoms with van der Waals surface area (Å²) in [5.41, 5.74) is 4.26. The van der Waals surface area contributed by atoms with Crippen LogP contribution in [0.1, 0.15) is 17.3 Å². The summed E-state index contributed by atoms with van der Waals surface area (Å²) in [6, 6.07) is 6.38. The third-order valence-electron chi connectivity index (χ3n) is 2.61. The number of nitrogens with one attached hydrogen (secondary N) is 1. The number of rotatable bonds is 3. The van der Waals surface area contributed by atoms with E-state index in [1.165, 1.54) is 6.07 Å². The van der Waals surface area contributed by atoms with Crippen LogP contribution in [0, 0.1) is 5.82 Å². The Hall–Kier alpha value is -1.24. The van der Waals surface area contributed by atoms with Crippen LogP contribution in [0.15, 0.2) is 34.9 Å². The van der Waals surface area contributed by atoms with Gasteiger partial charge in [0.2, 0.25) is 0 Å². The molecule has 90 valence electrons. The number of hydrazine groups is 1. The Balaban J connectivity index is 2.50. The minimum absolute atomic E-state index is 0.312. The maximum absolute atomic E-state index is 13.5. The van der Waals surface area contributed by atoms with E-state index in [4.69, 9.17) is 5.84 Å². The van der Waals surface area contributed by atoms with E-state index in [-0.39, 0.29) is 11.9 Å². The largest absolute Gasteiger partial charge is 0.271 e. The fourth-order valence-corrected chi connectivity index (χ4v) is 2.24. The normalized spacial score (nSPS) is 12.7. The summed E-state index contributed by atoms with van der Waals surface area (Å²) in [5, 5.41) is 4.08. The summed E-state index contributed by atoms with van der Waals surface area (Å²) in [6.45, 7) is 0. The van der Waals surface area contributed by atoms with Crippen LogP contribution < -0.4 is 11.3 Å². The van der Waals surface area contributed by atoms with Crippen molar-refractivity contribution in [3.63, 3.8) is 0 Å². The minimum atomic E-state index is -0.315. The first kappa shape index (κ1) is 12.2. The second-order valence-corrected chi connectivity index (χ2v) is 4.42. The average molecular weight is 299 g/mol. The van der Waals surface area contributed by atoms with Gasteiger partial charge >= 0.3 is 0 Å².